The lowest BCUT2D eigenvalue weighted by atomic mass is 9.91. The van der Waals surface area contributed by atoms with Gasteiger partial charge in [-0.3, -0.25) is 28.8 Å². The number of carbonyl (C=O) groups is 6. The number of thioether (sulfide) groups is 1. The summed E-state index contributed by atoms with van der Waals surface area (Å²) in [5, 5.41) is 14.1. The number of ether oxygens (including phenoxy) is 4. The molecule has 350 valence electrons. The highest BCUT2D eigenvalue weighted by Gasteiger charge is 2.26. The average Bonchev–Trinajstić information content (AvgIpc) is 3.17. The van der Waals surface area contributed by atoms with Gasteiger partial charge >= 0.3 is 11.9 Å². The first kappa shape index (κ1) is 57.4. The van der Waals surface area contributed by atoms with E-state index in [-0.39, 0.29) is 42.8 Å². The number of amides is 2. The zero-order chi connectivity index (χ0) is 44.9. The van der Waals surface area contributed by atoms with Crippen LogP contribution in [0.5, 0.6) is 0 Å². The Morgan fingerprint density at radius 1 is 0.550 bits per heavy atom. The van der Waals surface area contributed by atoms with Gasteiger partial charge in [-0.25, -0.2) is 0 Å². The predicted molar refractivity (Wildman–Crippen MR) is 239 cm³/mol. The molecule has 0 radical (unpaired) electrons. The highest BCUT2D eigenvalue weighted by Crippen LogP contribution is 2.22. The molecule has 0 spiro atoms. The molecule has 0 aliphatic carbocycles. The summed E-state index contributed by atoms with van der Waals surface area (Å²) in [4.78, 5) is 72.1. The topological polar surface area (TPSA) is 184 Å². The van der Waals surface area contributed by atoms with Gasteiger partial charge in [0.25, 0.3) is 0 Å². The van der Waals surface area contributed by atoms with Crippen LogP contribution in [0.25, 0.3) is 0 Å². The Kier molecular flexibility index (Phi) is 36.5. The van der Waals surface area contributed by atoms with Crippen LogP contribution in [0.1, 0.15) is 170 Å². The highest BCUT2D eigenvalue weighted by atomic mass is 32.2. The van der Waals surface area contributed by atoms with Gasteiger partial charge in [-0.05, 0) is 102 Å². The fraction of sp³-hybridized carbons (Fsp3) is 0.870. The number of hydrogen-bond donors (Lipinski definition) is 3. The molecule has 0 aliphatic rings. The van der Waals surface area contributed by atoms with Gasteiger partial charge in [-0.15, -0.1) is 0 Å². The first-order chi connectivity index (χ1) is 28.6. The third kappa shape index (κ3) is 39.6. The van der Waals surface area contributed by atoms with Gasteiger partial charge in [0, 0.05) is 64.8 Å². The minimum atomic E-state index is -0.995. The van der Waals surface area contributed by atoms with Gasteiger partial charge in [-0.1, -0.05) is 46.5 Å². The fourth-order valence-electron chi connectivity index (χ4n) is 6.04. The zero-order valence-corrected chi connectivity index (χ0v) is 39.2. The van der Waals surface area contributed by atoms with Gasteiger partial charge in [0.2, 0.25) is 11.8 Å². The maximum atomic E-state index is 13.0. The monoisotopic (exact) mass is 873 g/mol. The first-order valence-electron chi connectivity index (χ1n) is 22.9. The van der Waals surface area contributed by atoms with Gasteiger partial charge in [0.05, 0.1) is 38.8 Å². The van der Waals surface area contributed by atoms with Crippen LogP contribution in [0, 0.1) is 17.8 Å². The van der Waals surface area contributed by atoms with Crippen molar-refractivity contribution in [1.29, 1.82) is 0 Å². The molecule has 2 atom stereocenters. The first-order valence-corrected chi connectivity index (χ1v) is 24.1. The second-order valence-corrected chi connectivity index (χ2v) is 18.5. The third-order valence-electron chi connectivity index (χ3n) is 10.0. The van der Waals surface area contributed by atoms with Crippen LogP contribution in [-0.2, 0) is 47.7 Å². The van der Waals surface area contributed by atoms with E-state index in [2.05, 4.69) is 31.4 Å². The Hall–Kier alpha value is -2.55. The Morgan fingerprint density at radius 3 is 1.58 bits per heavy atom. The smallest absolute Gasteiger partial charge is 0.309 e. The number of carboxylic acid groups (broad SMARTS) is 1. The van der Waals surface area contributed by atoms with Crippen LogP contribution in [-0.4, -0.2) is 110 Å². The number of hydrogen-bond acceptors (Lipinski definition) is 11. The number of Topliss-reactive ketones (excluding diaryl/α,β-unsaturated/α-hetero) is 2. The largest absolute Gasteiger partial charge is 0.481 e. The molecule has 0 bridgehead atoms. The van der Waals surface area contributed by atoms with Crippen molar-refractivity contribution < 1.29 is 52.8 Å². The van der Waals surface area contributed by atoms with Gasteiger partial charge in [-0.2, -0.15) is 11.8 Å². The number of carboxylic acids is 1. The molecule has 14 heteroatoms. The van der Waals surface area contributed by atoms with Crippen LogP contribution < -0.4 is 10.6 Å². The Morgan fingerprint density at radius 2 is 1.03 bits per heavy atom. The van der Waals surface area contributed by atoms with Crippen LogP contribution in [0.3, 0.4) is 0 Å². The lowest BCUT2D eigenvalue weighted by Gasteiger charge is -2.24. The van der Waals surface area contributed by atoms with E-state index >= 15 is 0 Å². The van der Waals surface area contributed by atoms with E-state index in [1.807, 2.05) is 32.5 Å². The van der Waals surface area contributed by atoms with Crippen molar-refractivity contribution in [3.8, 4) is 0 Å². The molecule has 3 N–H and O–H groups in total. The molecule has 0 aliphatic heterocycles. The molecular formula is C46H84N2O11S. The lowest BCUT2D eigenvalue weighted by molar-refractivity contribution is -0.160. The summed E-state index contributed by atoms with van der Waals surface area (Å²) in [6, 6.07) is 0. The second kappa shape index (κ2) is 38.2. The van der Waals surface area contributed by atoms with Crippen LogP contribution in [0.2, 0.25) is 0 Å². The molecule has 13 nitrogen and oxygen atoms in total. The van der Waals surface area contributed by atoms with Crippen LogP contribution in [0.4, 0.5) is 0 Å². The zero-order valence-electron chi connectivity index (χ0n) is 38.4. The number of ketones is 2. The summed E-state index contributed by atoms with van der Waals surface area (Å²) in [6.45, 7) is 15.5. The van der Waals surface area contributed by atoms with E-state index in [1.54, 1.807) is 0 Å². The quantitative estimate of drug-likeness (QED) is 0.0395. The Labute approximate surface area is 367 Å². The fourth-order valence-corrected chi connectivity index (χ4v) is 7.06. The van der Waals surface area contributed by atoms with Crippen molar-refractivity contribution in [2.45, 2.75) is 176 Å². The van der Waals surface area contributed by atoms with Crippen molar-refractivity contribution in [2.75, 3.05) is 64.2 Å². The third-order valence-corrected chi connectivity index (χ3v) is 11.2. The maximum absolute atomic E-state index is 13.0. The maximum Gasteiger partial charge on any atom is 0.309 e. The van der Waals surface area contributed by atoms with Crippen LogP contribution >= 0.6 is 11.8 Å². The van der Waals surface area contributed by atoms with Gasteiger partial charge < -0.3 is 34.7 Å². The van der Waals surface area contributed by atoms with Crippen LogP contribution in [0.15, 0.2) is 0 Å². The molecule has 0 rings (SSSR count). The molecule has 0 aromatic heterocycles. The molecular weight excluding hydrogens is 789 g/mol. The van der Waals surface area contributed by atoms with Gasteiger partial charge in [0.1, 0.15) is 17.2 Å². The standard InChI is InChI=1S/C46H84N2O11S/c1-37(2)38(3)36-41(50)20-11-8-7-9-13-34-60-35-14-10-12-19-40(49)21-15-18-39(45(55)59-46(4,5)6)22-23-42(51)47-26-16-28-56-30-32-58-33-31-57-29-17-27-48-43(52)24-25-44(53)54/h37-39H,7-36H2,1-6H3,(H,47,51)(H,48,52)(H,53,54). The Bertz CT molecular complexity index is 1160. The number of carbonyl (C=O) groups excluding carboxylic acids is 5. The van der Waals surface area contributed by atoms with E-state index in [0.29, 0.717) is 115 Å². The number of nitrogens with one attached hydrogen (secondary N) is 2. The van der Waals surface area contributed by atoms with Crippen molar-refractivity contribution >= 4 is 47.1 Å². The number of aliphatic carboxylic acids is 1. The molecule has 2 unspecified atom stereocenters. The van der Waals surface area contributed by atoms with Crippen molar-refractivity contribution in [3.63, 3.8) is 0 Å². The van der Waals surface area contributed by atoms with Crippen molar-refractivity contribution in [3.05, 3.63) is 0 Å². The van der Waals surface area contributed by atoms with Crippen molar-refractivity contribution in [1.82, 2.24) is 10.6 Å². The molecule has 0 saturated heterocycles. The van der Waals surface area contributed by atoms with E-state index in [9.17, 15) is 28.8 Å². The summed E-state index contributed by atoms with van der Waals surface area (Å²) in [7, 11) is 0. The second-order valence-electron chi connectivity index (χ2n) is 17.2. The Balaban J connectivity index is 3.95. The predicted octanol–water partition coefficient (Wildman–Crippen LogP) is 8.28. The van der Waals surface area contributed by atoms with E-state index in [4.69, 9.17) is 24.1 Å². The summed E-state index contributed by atoms with van der Waals surface area (Å²) in [5.41, 5.74) is -0.632. The number of esters is 1. The number of rotatable bonds is 42. The average molecular weight is 873 g/mol. The van der Waals surface area contributed by atoms with Crippen molar-refractivity contribution in [2.24, 2.45) is 17.8 Å². The minimum Gasteiger partial charge on any atom is -0.481 e. The summed E-state index contributed by atoms with van der Waals surface area (Å²) in [6.07, 6.45) is 14.1. The molecule has 2 amide bonds. The molecule has 0 aromatic rings. The summed E-state index contributed by atoms with van der Waals surface area (Å²) >= 11 is 1.99. The van der Waals surface area contributed by atoms with Gasteiger partial charge in [0.15, 0.2) is 0 Å². The molecule has 0 fully saturated rings. The van der Waals surface area contributed by atoms with E-state index < -0.39 is 17.5 Å². The normalized spacial score (nSPS) is 12.6. The molecule has 60 heavy (non-hydrogen) atoms. The minimum absolute atomic E-state index is 0.0283. The summed E-state index contributed by atoms with van der Waals surface area (Å²) in [5.74, 6) is 1.81. The van der Waals surface area contributed by atoms with E-state index in [1.165, 1.54) is 25.0 Å². The summed E-state index contributed by atoms with van der Waals surface area (Å²) < 4.78 is 22.1. The molecule has 0 heterocycles. The lowest BCUT2D eigenvalue weighted by Crippen LogP contribution is -2.30. The number of unbranched alkanes of at least 4 members (excludes halogenated alkanes) is 6. The molecule has 0 saturated carbocycles. The van der Waals surface area contributed by atoms with E-state index in [0.717, 1.165) is 50.7 Å². The molecule has 0 aromatic carbocycles. The highest BCUT2D eigenvalue weighted by molar-refractivity contribution is 7.99. The SMILES string of the molecule is CC(C)C(C)CC(=O)CCCCCCCSCCCCCC(=O)CCCC(CCC(=O)NCCCOCCOCCOCCCNC(=O)CCC(=O)O)C(=O)OC(C)(C)C.